The molecule has 2 aromatic heterocycles. The molecule has 1 amide bonds. The first-order chi connectivity index (χ1) is 14.6. The highest BCUT2D eigenvalue weighted by Gasteiger charge is 2.26. The average Bonchev–Trinajstić information content (AvgIpc) is 3.07. The maximum atomic E-state index is 13.7. The number of amides is 1. The van der Waals surface area contributed by atoms with E-state index in [0.717, 1.165) is 17.7 Å². The summed E-state index contributed by atoms with van der Waals surface area (Å²) in [5.41, 5.74) is 5.59. The zero-order valence-corrected chi connectivity index (χ0v) is 17.0. The molecule has 0 bridgehead atoms. The summed E-state index contributed by atoms with van der Waals surface area (Å²) in [5.74, 6) is -0.0315. The van der Waals surface area contributed by atoms with Crippen LogP contribution in [0.1, 0.15) is 21.6 Å². The van der Waals surface area contributed by atoms with Crippen molar-refractivity contribution in [2.75, 3.05) is 25.0 Å². The number of pyridine rings is 1. The fraction of sp³-hybridized carbons (Fsp3) is 0.208. The van der Waals surface area contributed by atoms with Crippen molar-refractivity contribution in [2.45, 2.75) is 13.5 Å². The zero-order chi connectivity index (χ0) is 20.7. The van der Waals surface area contributed by atoms with Crippen LogP contribution in [-0.2, 0) is 6.54 Å². The van der Waals surface area contributed by atoms with Crippen LogP contribution in [0.2, 0.25) is 0 Å². The lowest BCUT2D eigenvalue weighted by molar-refractivity contribution is 0.0753. The second-order valence-electron chi connectivity index (χ2n) is 7.65. The molecule has 6 heteroatoms. The van der Waals surface area contributed by atoms with Gasteiger partial charge in [-0.1, -0.05) is 53.7 Å². The number of nitrogens with zero attached hydrogens (tertiary/aromatic N) is 4. The molecule has 4 aromatic rings. The van der Waals surface area contributed by atoms with E-state index in [-0.39, 0.29) is 5.91 Å². The van der Waals surface area contributed by atoms with Gasteiger partial charge in [0, 0.05) is 37.9 Å². The quantitative estimate of drug-likeness (QED) is 0.504. The Morgan fingerprint density at radius 2 is 1.80 bits per heavy atom. The van der Waals surface area contributed by atoms with E-state index in [4.69, 9.17) is 4.52 Å². The summed E-state index contributed by atoms with van der Waals surface area (Å²) >= 11 is 0. The number of aryl methyl sites for hydroxylation is 1. The Bertz CT molecular complexity index is 1230. The van der Waals surface area contributed by atoms with Crippen LogP contribution in [0.5, 0.6) is 0 Å². The lowest BCUT2D eigenvalue weighted by atomic mass is 10.0. The summed E-state index contributed by atoms with van der Waals surface area (Å²) < 4.78 is 5.45. The Balaban J connectivity index is 1.60. The Kier molecular flexibility index (Phi) is 4.47. The molecule has 30 heavy (non-hydrogen) atoms. The summed E-state index contributed by atoms with van der Waals surface area (Å²) in [6.07, 6.45) is 0. The Hall–Kier alpha value is -3.67. The van der Waals surface area contributed by atoms with E-state index in [9.17, 15) is 4.79 Å². The highest BCUT2D eigenvalue weighted by atomic mass is 16.5. The van der Waals surface area contributed by atoms with Crippen LogP contribution in [0.4, 0.5) is 5.69 Å². The molecule has 0 spiro atoms. The van der Waals surface area contributed by atoms with E-state index in [0.29, 0.717) is 41.1 Å². The smallest absolute Gasteiger partial charge is 0.259 e. The van der Waals surface area contributed by atoms with Gasteiger partial charge in [-0.15, -0.1) is 0 Å². The summed E-state index contributed by atoms with van der Waals surface area (Å²) in [6.45, 7) is 3.82. The van der Waals surface area contributed by atoms with E-state index in [1.807, 2.05) is 60.4 Å². The predicted octanol–water partition coefficient (Wildman–Crippen LogP) is 4.29. The van der Waals surface area contributed by atoms with Gasteiger partial charge in [-0.25, -0.2) is 4.98 Å². The summed E-state index contributed by atoms with van der Waals surface area (Å²) in [4.78, 5) is 22.4. The van der Waals surface area contributed by atoms with Crippen molar-refractivity contribution in [3.8, 4) is 11.3 Å². The molecule has 0 N–H and O–H groups in total. The first-order valence-electron chi connectivity index (χ1n) is 10.0. The maximum Gasteiger partial charge on any atom is 0.259 e. The van der Waals surface area contributed by atoms with Gasteiger partial charge in [0.05, 0.1) is 22.3 Å². The van der Waals surface area contributed by atoms with Crippen molar-refractivity contribution in [3.05, 3.63) is 77.5 Å². The molecular weight excluding hydrogens is 376 g/mol. The fourth-order valence-electron chi connectivity index (χ4n) is 4.06. The van der Waals surface area contributed by atoms with Crippen molar-refractivity contribution in [1.29, 1.82) is 0 Å². The lowest BCUT2D eigenvalue weighted by Gasteiger charge is -2.21. The van der Waals surface area contributed by atoms with Gasteiger partial charge in [-0.2, -0.15) is 0 Å². The molecule has 0 fully saturated rings. The standard InChI is InChI=1S/C24H22N4O2/c1-16-22-19(14-20(25-23(22)30-26-16)17-8-4-3-5-9-17)24(29)28-13-12-27(2)21-11-7-6-10-18(21)15-28/h3-11,14H,12-13,15H2,1-2H3. The van der Waals surface area contributed by atoms with Gasteiger partial charge < -0.3 is 14.3 Å². The molecule has 1 aliphatic rings. The van der Waals surface area contributed by atoms with Crippen molar-refractivity contribution >= 4 is 22.7 Å². The summed E-state index contributed by atoms with van der Waals surface area (Å²) in [6, 6.07) is 19.9. The zero-order valence-electron chi connectivity index (χ0n) is 17.0. The SMILES string of the molecule is Cc1noc2nc(-c3ccccc3)cc(C(=O)N3CCN(C)c4ccccc4C3)c12. The van der Waals surface area contributed by atoms with E-state index in [2.05, 4.69) is 34.2 Å². The van der Waals surface area contributed by atoms with Crippen LogP contribution in [0.15, 0.2) is 65.2 Å². The van der Waals surface area contributed by atoms with Gasteiger partial charge in [-0.05, 0) is 24.6 Å². The minimum absolute atomic E-state index is 0.0315. The third-order valence-corrected chi connectivity index (χ3v) is 5.67. The summed E-state index contributed by atoms with van der Waals surface area (Å²) in [5, 5.41) is 4.75. The highest BCUT2D eigenvalue weighted by molar-refractivity contribution is 6.07. The number of para-hydroxylation sites is 1. The van der Waals surface area contributed by atoms with E-state index in [1.165, 1.54) is 5.69 Å². The minimum atomic E-state index is -0.0315. The van der Waals surface area contributed by atoms with E-state index < -0.39 is 0 Å². The molecule has 0 radical (unpaired) electrons. The molecule has 0 unspecified atom stereocenters. The number of benzene rings is 2. The Morgan fingerprint density at radius 3 is 2.63 bits per heavy atom. The van der Waals surface area contributed by atoms with Gasteiger partial charge in [0.1, 0.15) is 0 Å². The second-order valence-corrected chi connectivity index (χ2v) is 7.65. The highest BCUT2D eigenvalue weighted by Crippen LogP contribution is 2.30. The van der Waals surface area contributed by atoms with Crippen LogP contribution in [0, 0.1) is 6.92 Å². The summed E-state index contributed by atoms with van der Waals surface area (Å²) in [7, 11) is 2.06. The molecule has 0 aliphatic carbocycles. The van der Waals surface area contributed by atoms with Crippen molar-refractivity contribution in [1.82, 2.24) is 15.0 Å². The maximum absolute atomic E-state index is 13.7. The van der Waals surface area contributed by atoms with Gasteiger partial charge in [-0.3, -0.25) is 4.79 Å². The molecule has 3 heterocycles. The second kappa shape index (κ2) is 7.30. The monoisotopic (exact) mass is 398 g/mol. The number of hydrogen-bond acceptors (Lipinski definition) is 5. The van der Waals surface area contributed by atoms with E-state index in [1.54, 1.807) is 0 Å². The number of aromatic nitrogens is 2. The van der Waals surface area contributed by atoms with Gasteiger partial charge in [0.15, 0.2) is 0 Å². The van der Waals surface area contributed by atoms with Crippen molar-refractivity contribution in [2.24, 2.45) is 0 Å². The van der Waals surface area contributed by atoms with Crippen LogP contribution in [0.3, 0.4) is 0 Å². The van der Waals surface area contributed by atoms with Crippen molar-refractivity contribution < 1.29 is 9.32 Å². The predicted molar refractivity (Wildman–Crippen MR) is 116 cm³/mol. The van der Waals surface area contributed by atoms with Crippen LogP contribution >= 0.6 is 0 Å². The number of carbonyl (C=O) groups is 1. The average molecular weight is 398 g/mol. The van der Waals surface area contributed by atoms with Crippen LogP contribution in [0.25, 0.3) is 22.4 Å². The number of carbonyl (C=O) groups excluding carboxylic acids is 1. The fourth-order valence-corrected chi connectivity index (χ4v) is 4.06. The number of hydrogen-bond donors (Lipinski definition) is 0. The van der Waals surface area contributed by atoms with Crippen LogP contribution in [-0.4, -0.2) is 41.1 Å². The molecule has 6 nitrogen and oxygen atoms in total. The van der Waals surface area contributed by atoms with Gasteiger partial charge in [0.2, 0.25) is 0 Å². The molecule has 0 saturated heterocycles. The van der Waals surface area contributed by atoms with Gasteiger partial charge >= 0.3 is 0 Å². The molecule has 0 saturated carbocycles. The largest absolute Gasteiger partial charge is 0.373 e. The molecule has 0 atom stereocenters. The topological polar surface area (TPSA) is 62.5 Å². The Labute approximate surface area is 174 Å². The Morgan fingerprint density at radius 1 is 1.03 bits per heavy atom. The molecule has 150 valence electrons. The van der Waals surface area contributed by atoms with Crippen LogP contribution < -0.4 is 4.90 Å². The molecule has 2 aromatic carbocycles. The van der Waals surface area contributed by atoms with E-state index >= 15 is 0 Å². The van der Waals surface area contributed by atoms with Crippen molar-refractivity contribution in [3.63, 3.8) is 0 Å². The molecule has 1 aliphatic heterocycles. The minimum Gasteiger partial charge on any atom is -0.373 e. The first kappa shape index (κ1) is 18.4. The number of rotatable bonds is 2. The third-order valence-electron chi connectivity index (χ3n) is 5.67. The number of anilines is 1. The third kappa shape index (κ3) is 3.10. The molecular formula is C24H22N4O2. The lowest BCUT2D eigenvalue weighted by Crippen LogP contribution is -2.34. The molecule has 5 rings (SSSR count). The number of likely N-dealkylation sites (N-methyl/N-ethyl adjacent to an activating group) is 1. The normalized spacial score (nSPS) is 13.9. The number of fused-ring (bicyclic) bond motifs is 2. The first-order valence-corrected chi connectivity index (χ1v) is 10.0. The van der Waals surface area contributed by atoms with Gasteiger partial charge in [0.25, 0.3) is 11.6 Å².